The summed E-state index contributed by atoms with van der Waals surface area (Å²) in [5, 5.41) is 5.83. The maximum absolute atomic E-state index is 12.2. The number of para-hydroxylation sites is 3. The van der Waals surface area contributed by atoms with Crippen LogP contribution in [0.4, 0.5) is 10.5 Å². The van der Waals surface area contributed by atoms with E-state index in [1.807, 2.05) is 54.6 Å². The molecule has 0 bridgehead atoms. The number of amides is 2. The molecule has 5 nitrogen and oxygen atoms in total. The van der Waals surface area contributed by atoms with Crippen LogP contribution in [0.2, 0.25) is 0 Å². The number of rotatable bonds is 5. The van der Waals surface area contributed by atoms with Gasteiger partial charge in [-0.25, -0.2) is 4.79 Å². The second-order valence-corrected chi connectivity index (χ2v) is 6.16. The molecule has 0 radical (unpaired) electrons. The van der Waals surface area contributed by atoms with Crippen LogP contribution in [0.3, 0.4) is 0 Å². The van der Waals surface area contributed by atoms with E-state index < -0.39 is 0 Å². The predicted octanol–water partition coefficient (Wildman–Crippen LogP) is 3.55. The first kappa shape index (κ1) is 16.3. The van der Waals surface area contributed by atoms with Crippen molar-refractivity contribution in [3.63, 3.8) is 0 Å². The van der Waals surface area contributed by atoms with E-state index in [0.717, 1.165) is 25.3 Å². The Morgan fingerprint density at radius 1 is 1.17 bits per heavy atom. The zero-order chi connectivity index (χ0) is 16.8. The van der Waals surface area contributed by atoms with Gasteiger partial charge >= 0.3 is 6.03 Å². The van der Waals surface area contributed by atoms with Gasteiger partial charge in [0.1, 0.15) is 5.75 Å². The van der Waals surface area contributed by atoms with E-state index in [2.05, 4.69) is 22.6 Å². The van der Waals surface area contributed by atoms with Gasteiger partial charge < -0.3 is 20.3 Å². The van der Waals surface area contributed by atoms with Crippen LogP contribution in [0.25, 0.3) is 0 Å². The first-order valence-electron chi connectivity index (χ1n) is 8.26. The summed E-state index contributed by atoms with van der Waals surface area (Å²) in [6.07, 6.45) is 1.13. The summed E-state index contributed by atoms with van der Waals surface area (Å²) in [6.45, 7) is 2.83. The van der Waals surface area contributed by atoms with E-state index in [0.29, 0.717) is 23.9 Å². The molecule has 2 aromatic rings. The van der Waals surface area contributed by atoms with Crippen molar-refractivity contribution in [2.45, 2.75) is 6.42 Å². The van der Waals surface area contributed by atoms with Crippen LogP contribution in [-0.2, 0) is 0 Å². The molecule has 1 saturated heterocycles. The minimum absolute atomic E-state index is 0.200. The number of hydrogen-bond donors (Lipinski definition) is 2. The van der Waals surface area contributed by atoms with E-state index in [-0.39, 0.29) is 6.03 Å². The molecule has 1 atom stereocenters. The van der Waals surface area contributed by atoms with Crippen LogP contribution in [0.5, 0.6) is 11.5 Å². The number of carbonyl (C=O) groups is 1. The Kier molecular flexibility index (Phi) is 5.33. The number of benzene rings is 2. The van der Waals surface area contributed by atoms with E-state index in [9.17, 15) is 4.79 Å². The molecule has 0 spiro atoms. The van der Waals surface area contributed by atoms with Gasteiger partial charge in [0.15, 0.2) is 5.75 Å². The molecule has 2 amide bonds. The molecule has 1 aliphatic heterocycles. The monoisotopic (exact) mass is 325 g/mol. The number of nitrogens with one attached hydrogen (secondary N) is 2. The number of nitrogens with zero attached hydrogens (tertiary/aromatic N) is 1. The fraction of sp³-hybridized carbons (Fsp3) is 0.316. The van der Waals surface area contributed by atoms with Gasteiger partial charge in [0.05, 0.1) is 5.69 Å². The lowest BCUT2D eigenvalue weighted by Gasteiger charge is -2.14. The fourth-order valence-corrected chi connectivity index (χ4v) is 2.87. The first-order valence-corrected chi connectivity index (χ1v) is 8.26. The first-order chi connectivity index (χ1) is 11.7. The molecular weight excluding hydrogens is 302 g/mol. The largest absolute Gasteiger partial charge is 0.455 e. The van der Waals surface area contributed by atoms with Crippen molar-refractivity contribution in [1.29, 1.82) is 0 Å². The van der Waals surface area contributed by atoms with Gasteiger partial charge in [-0.15, -0.1) is 0 Å². The van der Waals surface area contributed by atoms with Crippen molar-refractivity contribution in [2.75, 3.05) is 32.0 Å². The van der Waals surface area contributed by atoms with Gasteiger partial charge in [0.25, 0.3) is 0 Å². The molecule has 5 heteroatoms. The van der Waals surface area contributed by atoms with Crippen molar-refractivity contribution in [2.24, 2.45) is 5.92 Å². The molecule has 3 rings (SSSR count). The van der Waals surface area contributed by atoms with Crippen LogP contribution in [0.1, 0.15) is 6.42 Å². The topological polar surface area (TPSA) is 53.6 Å². The summed E-state index contributed by atoms with van der Waals surface area (Å²) >= 11 is 0. The summed E-state index contributed by atoms with van der Waals surface area (Å²) in [6, 6.07) is 16.8. The summed E-state index contributed by atoms with van der Waals surface area (Å²) in [4.78, 5) is 14.4. The van der Waals surface area contributed by atoms with E-state index in [1.165, 1.54) is 0 Å². The average Bonchev–Trinajstić information content (AvgIpc) is 3.01. The number of urea groups is 1. The summed E-state index contributed by atoms with van der Waals surface area (Å²) in [5.41, 5.74) is 0.655. The normalized spacial score (nSPS) is 17.5. The predicted molar refractivity (Wildman–Crippen MR) is 95.6 cm³/mol. The lowest BCUT2D eigenvalue weighted by Crippen LogP contribution is -2.33. The molecular formula is C19H23N3O2. The zero-order valence-electron chi connectivity index (χ0n) is 13.9. The second kappa shape index (κ2) is 7.84. The van der Waals surface area contributed by atoms with E-state index in [4.69, 9.17) is 4.74 Å². The molecule has 1 aliphatic rings. The lowest BCUT2D eigenvalue weighted by molar-refractivity contribution is 0.250. The Labute approximate surface area is 142 Å². The zero-order valence-corrected chi connectivity index (χ0v) is 13.9. The molecule has 1 heterocycles. The Morgan fingerprint density at radius 3 is 2.67 bits per heavy atom. The summed E-state index contributed by atoms with van der Waals surface area (Å²) in [7, 11) is 2.11. The van der Waals surface area contributed by atoms with Gasteiger partial charge in [0, 0.05) is 13.1 Å². The Balaban J connectivity index is 1.57. The SMILES string of the molecule is CN1CCC(CNC(=O)Nc2ccccc2Oc2ccccc2)C1. The maximum atomic E-state index is 12.2. The van der Waals surface area contributed by atoms with Crippen molar-refractivity contribution in [3.05, 3.63) is 54.6 Å². The van der Waals surface area contributed by atoms with Gasteiger partial charge in [-0.1, -0.05) is 30.3 Å². The minimum Gasteiger partial charge on any atom is -0.455 e. The molecule has 0 aliphatic carbocycles. The van der Waals surface area contributed by atoms with E-state index in [1.54, 1.807) is 0 Å². The van der Waals surface area contributed by atoms with Gasteiger partial charge in [-0.2, -0.15) is 0 Å². The Hall–Kier alpha value is -2.53. The number of hydrogen-bond acceptors (Lipinski definition) is 3. The number of anilines is 1. The van der Waals surface area contributed by atoms with Gasteiger partial charge in [0.2, 0.25) is 0 Å². The molecule has 1 fully saturated rings. The maximum Gasteiger partial charge on any atom is 0.319 e. The van der Waals surface area contributed by atoms with E-state index >= 15 is 0 Å². The van der Waals surface area contributed by atoms with Crippen LogP contribution in [-0.4, -0.2) is 37.6 Å². The standard InChI is InChI=1S/C19H23N3O2/c1-22-12-11-15(14-22)13-20-19(23)21-17-9-5-6-10-18(17)24-16-7-3-2-4-8-16/h2-10,15H,11-14H2,1H3,(H2,20,21,23). The van der Waals surface area contributed by atoms with Gasteiger partial charge in [-0.05, 0) is 50.2 Å². The number of ether oxygens (including phenoxy) is 1. The highest BCUT2D eigenvalue weighted by Gasteiger charge is 2.19. The summed E-state index contributed by atoms with van der Waals surface area (Å²) < 4.78 is 5.85. The van der Waals surface area contributed by atoms with Crippen molar-refractivity contribution >= 4 is 11.7 Å². The van der Waals surface area contributed by atoms with Crippen LogP contribution in [0, 0.1) is 5.92 Å². The highest BCUT2D eigenvalue weighted by Crippen LogP contribution is 2.28. The van der Waals surface area contributed by atoms with Crippen molar-refractivity contribution < 1.29 is 9.53 Å². The third-order valence-corrected chi connectivity index (χ3v) is 4.15. The molecule has 0 saturated carbocycles. The smallest absolute Gasteiger partial charge is 0.319 e. The third kappa shape index (κ3) is 4.49. The van der Waals surface area contributed by atoms with Crippen LogP contribution >= 0.6 is 0 Å². The molecule has 2 N–H and O–H groups in total. The molecule has 2 aromatic carbocycles. The molecule has 1 unspecified atom stereocenters. The molecule has 0 aromatic heterocycles. The van der Waals surface area contributed by atoms with Crippen LogP contribution < -0.4 is 15.4 Å². The summed E-state index contributed by atoms with van der Waals surface area (Å²) in [5.74, 6) is 1.89. The van der Waals surface area contributed by atoms with Crippen LogP contribution in [0.15, 0.2) is 54.6 Å². The Morgan fingerprint density at radius 2 is 1.92 bits per heavy atom. The highest BCUT2D eigenvalue weighted by molar-refractivity contribution is 5.90. The quantitative estimate of drug-likeness (QED) is 0.884. The van der Waals surface area contributed by atoms with Crippen molar-refractivity contribution in [3.8, 4) is 11.5 Å². The van der Waals surface area contributed by atoms with Gasteiger partial charge in [-0.3, -0.25) is 0 Å². The molecule has 24 heavy (non-hydrogen) atoms. The fourth-order valence-electron chi connectivity index (χ4n) is 2.87. The van der Waals surface area contributed by atoms with Crippen molar-refractivity contribution in [1.82, 2.24) is 10.2 Å². The average molecular weight is 325 g/mol. The minimum atomic E-state index is -0.200. The molecule has 126 valence electrons. The highest BCUT2D eigenvalue weighted by atomic mass is 16.5. The number of carbonyl (C=O) groups excluding carboxylic acids is 1. The Bertz CT molecular complexity index is 675. The second-order valence-electron chi connectivity index (χ2n) is 6.16. The lowest BCUT2D eigenvalue weighted by atomic mass is 10.1. The third-order valence-electron chi connectivity index (χ3n) is 4.15. The number of likely N-dealkylation sites (tertiary alicyclic amines) is 1.